The first kappa shape index (κ1) is 18.2. The van der Waals surface area contributed by atoms with Crippen LogP contribution in [-0.4, -0.2) is 77.4 Å². The van der Waals surface area contributed by atoms with Crippen molar-refractivity contribution in [2.75, 3.05) is 26.7 Å². The van der Waals surface area contributed by atoms with Crippen LogP contribution in [0.3, 0.4) is 0 Å². The van der Waals surface area contributed by atoms with Crippen molar-refractivity contribution >= 4 is 22.3 Å². The molecule has 2 bridgehead atoms. The minimum Gasteiger partial charge on any atom is -0.724 e. The molecule has 0 aromatic rings. The molecule has 3 heterocycles. The second kappa shape index (κ2) is 6.42. The zero-order valence-corrected chi connectivity index (χ0v) is 15.4. The third-order valence-corrected chi connectivity index (χ3v) is 4.01. The molecule has 0 aromatic carbocycles. The molecule has 120 valence electrons. The van der Waals surface area contributed by atoms with E-state index in [9.17, 15) is 22.6 Å². The molecule has 1 fully saturated rings. The average Bonchev–Trinajstić information content (AvgIpc) is 2.66. The number of nitrogens with zero attached hydrogens (tertiary/aromatic N) is 4. The third-order valence-electron chi connectivity index (χ3n) is 3.67. The normalized spacial score (nSPS) is 24.1. The van der Waals surface area contributed by atoms with Gasteiger partial charge in [0.25, 0.3) is 0 Å². The Balaban J connectivity index is 0.00000192. The molecular weight excluding hydrogens is 339 g/mol. The average molecular weight is 352 g/mol. The van der Waals surface area contributed by atoms with Gasteiger partial charge in [-0.3, -0.25) is 4.79 Å². The second-order valence-corrected chi connectivity index (χ2v) is 6.04. The first-order valence-electron chi connectivity index (χ1n) is 6.40. The topological polar surface area (TPSA) is 114 Å². The van der Waals surface area contributed by atoms with E-state index in [1.54, 1.807) is 30.4 Å². The number of rotatable bonds is 3. The molecule has 3 rings (SSSR count). The van der Waals surface area contributed by atoms with Gasteiger partial charge in [0.2, 0.25) is 16.3 Å². The minimum absolute atomic E-state index is 0. The molecule has 12 heteroatoms. The van der Waals surface area contributed by atoms with Crippen molar-refractivity contribution in [2.24, 2.45) is 0 Å². The van der Waals surface area contributed by atoms with E-state index in [1.165, 1.54) is 9.80 Å². The van der Waals surface area contributed by atoms with Crippen molar-refractivity contribution in [3.8, 4) is 0 Å². The fourth-order valence-electron chi connectivity index (χ4n) is 2.58. The third kappa shape index (κ3) is 3.54. The zero-order chi connectivity index (χ0) is 16.1. The number of urea groups is 1. The van der Waals surface area contributed by atoms with Crippen LogP contribution in [0.1, 0.15) is 0 Å². The van der Waals surface area contributed by atoms with Gasteiger partial charge in [-0.05, 0) is 6.08 Å². The smallest absolute Gasteiger partial charge is 0.724 e. The van der Waals surface area contributed by atoms with Gasteiger partial charge in [0.15, 0.2) is 0 Å². The molecule has 3 amide bonds. The van der Waals surface area contributed by atoms with E-state index < -0.39 is 22.5 Å². The summed E-state index contributed by atoms with van der Waals surface area (Å²) in [5, 5.41) is 0.553. The van der Waals surface area contributed by atoms with E-state index >= 15 is 0 Å². The van der Waals surface area contributed by atoms with Gasteiger partial charge in [-0.2, -0.15) is 9.35 Å². The summed E-state index contributed by atoms with van der Waals surface area (Å²) in [5.41, 5.74) is 0.545. The van der Waals surface area contributed by atoms with Crippen LogP contribution < -0.4 is 29.6 Å². The van der Waals surface area contributed by atoms with Crippen LogP contribution in [0.15, 0.2) is 24.2 Å². The molecule has 0 spiro atoms. The van der Waals surface area contributed by atoms with Crippen LogP contribution >= 0.6 is 0 Å². The summed E-state index contributed by atoms with van der Waals surface area (Å²) in [6, 6.07) is -1.45. The second-order valence-electron chi connectivity index (χ2n) is 5.07. The fraction of sp³-hybridized carbons (Fsp3) is 0.455. The molecule has 23 heavy (non-hydrogen) atoms. The summed E-state index contributed by atoms with van der Waals surface area (Å²) in [6.07, 6.45) is 4.91. The first-order valence-corrected chi connectivity index (χ1v) is 7.74. The fourth-order valence-corrected chi connectivity index (χ4v) is 2.95. The summed E-state index contributed by atoms with van der Waals surface area (Å²) in [4.78, 5) is 28.1. The van der Waals surface area contributed by atoms with E-state index in [0.29, 0.717) is 10.8 Å². The van der Waals surface area contributed by atoms with Crippen LogP contribution in [0.5, 0.6) is 0 Å². The van der Waals surface area contributed by atoms with Crippen molar-refractivity contribution in [3.05, 3.63) is 24.2 Å². The van der Waals surface area contributed by atoms with E-state index in [2.05, 4.69) is 4.28 Å². The summed E-state index contributed by atoms with van der Waals surface area (Å²) in [7, 11) is -3.45. The predicted octanol–water partition coefficient (Wildman–Crippen LogP) is -4.37. The number of carbonyl (C=O) groups excluding carboxylic acids is 2. The molecule has 1 atom stereocenters. The molecule has 1 unspecified atom stereocenters. The van der Waals surface area contributed by atoms with Crippen LogP contribution in [0, 0.1) is 0 Å². The Morgan fingerprint density at radius 1 is 1.30 bits per heavy atom. The van der Waals surface area contributed by atoms with Crippen molar-refractivity contribution in [1.82, 2.24) is 19.8 Å². The molecule has 10 nitrogen and oxygen atoms in total. The van der Waals surface area contributed by atoms with Crippen molar-refractivity contribution in [1.29, 1.82) is 0 Å². The van der Waals surface area contributed by atoms with Gasteiger partial charge in [0.05, 0.1) is 6.54 Å². The predicted molar refractivity (Wildman–Crippen MR) is 70.1 cm³/mol. The SMILES string of the molecule is CN1C=CN(C2=CCN3CC2N(OS(=O)(=O)[O-])C3=O)CC1=O.[Na+]. The van der Waals surface area contributed by atoms with Gasteiger partial charge in [-0.25, -0.2) is 13.2 Å². The van der Waals surface area contributed by atoms with E-state index in [0.717, 1.165) is 0 Å². The Morgan fingerprint density at radius 3 is 2.61 bits per heavy atom. The van der Waals surface area contributed by atoms with E-state index in [1.807, 2.05) is 0 Å². The molecule has 0 saturated carbocycles. The Morgan fingerprint density at radius 2 is 2.00 bits per heavy atom. The first-order chi connectivity index (χ1) is 10.3. The van der Waals surface area contributed by atoms with Crippen LogP contribution in [0.2, 0.25) is 0 Å². The van der Waals surface area contributed by atoms with Crippen LogP contribution in [0.4, 0.5) is 4.79 Å². The standard InChI is InChI=1S/C11H14N4O6S.Na/c1-12-4-5-13(7-10(12)16)8-2-3-14-6-9(8)15(11(14)17)21-22(18,19)20;/h2,4-5,9H,3,6-7H2,1H3,(H,18,19,20);/q;+1/p-1. The summed E-state index contributed by atoms with van der Waals surface area (Å²) in [6.45, 7) is 0.494. The molecule has 0 N–H and O–H groups in total. The molecule has 1 saturated heterocycles. The summed E-state index contributed by atoms with van der Waals surface area (Å²) < 4.78 is 36.7. The number of likely N-dealkylation sites (N-methyl/N-ethyl adjacent to an activating group) is 1. The maximum atomic E-state index is 12.0. The summed E-state index contributed by atoms with van der Waals surface area (Å²) in [5.74, 6) is -0.154. The number of hydrogen-bond acceptors (Lipinski definition) is 7. The van der Waals surface area contributed by atoms with Gasteiger partial charge in [-0.1, -0.05) is 0 Å². The molecular formula is C11H13N4NaO6S. The molecule has 0 aromatic heterocycles. The number of hydrogen-bond donors (Lipinski definition) is 0. The Kier molecular flexibility index (Phi) is 5.09. The Labute approximate surface area is 155 Å². The van der Waals surface area contributed by atoms with Gasteiger partial charge in [-0.15, -0.1) is 0 Å². The van der Waals surface area contributed by atoms with Crippen molar-refractivity contribution in [2.45, 2.75) is 6.04 Å². The van der Waals surface area contributed by atoms with Gasteiger partial charge in [0, 0.05) is 31.7 Å². The Hall–Kier alpha value is -1.11. The number of fused-ring (bicyclic) bond motifs is 2. The van der Waals surface area contributed by atoms with Crippen LogP contribution in [0.25, 0.3) is 0 Å². The monoisotopic (exact) mass is 352 g/mol. The van der Waals surface area contributed by atoms with E-state index in [-0.39, 0.29) is 55.1 Å². The molecule has 3 aliphatic heterocycles. The largest absolute Gasteiger partial charge is 1.00 e. The maximum Gasteiger partial charge on any atom is 1.00 e. The van der Waals surface area contributed by atoms with Gasteiger partial charge >= 0.3 is 35.6 Å². The van der Waals surface area contributed by atoms with Crippen molar-refractivity contribution < 1.29 is 56.4 Å². The molecule has 0 aliphatic carbocycles. The molecule has 3 aliphatic rings. The van der Waals surface area contributed by atoms with Crippen LogP contribution in [-0.2, 0) is 19.5 Å². The summed E-state index contributed by atoms with van der Waals surface area (Å²) >= 11 is 0. The number of amides is 3. The molecule has 0 radical (unpaired) electrons. The number of carbonyl (C=O) groups is 2. The maximum absolute atomic E-state index is 12.0. The minimum atomic E-state index is -5.06. The Bertz CT molecular complexity index is 693. The van der Waals surface area contributed by atoms with Gasteiger partial charge < -0.3 is 19.3 Å². The quantitative estimate of drug-likeness (QED) is 0.286. The van der Waals surface area contributed by atoms with Crippen molar-refractivity contribution in [3.63, 3.8) is 0 Å². The zero-order valence-electron chi connectivity index (χ0n) is 12.6. The van der Waals surface area contributed by atoms with Gasteiger partial charge in [0.1, 0.15) is 12.6 Å². The van der Waals surface area contributed by atoms with E-state index in [4.69, 9.17) is 0 Å². The number of hydroxylamine groups is 2.